The van der Waals surface area contributed by atoms with Gasteiger partial charge in [-0.25, -0.2) is 4.79 Å². The molecule has 122 valence electrons. The number of amides is 2. The molecule has 1 N–H and O–H groups in total. The third-order valence-electron chi connectivity index (χ3n) is 4.17. The third kappa shape index (κ3) is 4.00. The molecule has 0 radical (unpaired) electrons. The Hall–Kier alpha value is -1.56. The lowest BCUT2D eigenvalue weighted by atomic mass is 9.90. The Morgan fingerprint density at radius 2 is 2.32 bits per heavy atom. The van der Waals surface area contributed by atoms with E-state index in [9.17, 15) is 9.59 Å². The first-order valence-electron chi connectivity index (χ1n) is 7.58. The van der Waals surface area contributed by atoms with Gasteiger partial charge in [0.25, 0.3) is 0 Å². The molecule has 1 fully saturated rings. The van der Waals surface area contributed by atoms with E-state index >= 15 is 0 Å². The molecule has 0 spiro atoms. The van der Waals surface area contributed by atoms with Gasteiger partial charge in [-0.1, -0.05) is 13.0 Å². The van der Waals surface area contributed by atoms with E-state index in [2.05, 4.69) is 23.7 Å². The van der Waals surface area contributed by atoms with E-state index in [1.807, 2.05) is 13.0 Å². The highest BCUT2D eigenvalue weighted by Crippen LogP contribution is 2.31. The number of urea groups is 1. The standard InChI is InChI=1S/C16H24N2O3S/c1-12(9-13-5-4-8-22-13)10-17-15(20)18-7-6-16(2,11-18)14(19)21-3/h4-5,8,12H,6-7,9-11H2,1-3H3,(H,17,20)/t12-,16-/m1/s1. The number of hydrogen-bond acceptors (Lipinski definition) is 4. The summed E-state index contributed by atoms with van der Waals surface area (Å²) in [4.78, 5) is 27.0. The number of ether oxygens (including phenoxy) is 1. The van der Waals surface area contributed by atoms with Gasteiger partial charge in [0, 0.05) is 24.5 Å². The quantitative estimate of drug-likeness (QED) is 0.847. The Kier molecular flexibility index (Phi) is 5.45. The van der Waals surface area contributed by atoms with Crippen LogP contribution in [0.3, 0.4) is 0 Å². The van der Waals surface area contributed by atoms with Crippen molar-refractivity contribution in [2.75, 3.05) is 26.7 Å². The summed E-state index contributed by atoms with van der Waals surface area (Å²) in [6.07, 6.45) is 1.62. The molecule has 1 aromatic heterocycles. The van der Waals surface area contributed by atoms with Crippen LogP contribution in [-0.4, -0.2) is 43.6 Å². The van der Waals surface area contributed by atoms with E-state index in [-0.39, 0.29) is 12.0 Å². The van der Waals surface area contributed by atoms with Crippen LogP contribution >= 0.6 is 11.3 Å². The monoisotopic (exact) mass is 324 g/mol. The molecule has 0 aliphatic carbocycles. The van der Waals surface area contributed by atoms with Crippen LogP contribution in [0.2, 0.25) is 0 Å². The lowest BCUT2D eigenvalue weighted by Crippen LogP contribution is -2.42. The molecule has 0 bridgehead atoms. The van der Waals surface area contributed by atoms with Crippen LogP contribution in [0.1, 0.15) is 25.1 Å². The number of likely N-dealkylation sites (tertiary alicyclic amines) is 1. The molecule has 6 heteroatoms. The second-order valence-electron chi connectivity index (χ2n) is 6.30. The van der Waals surface area contributed by atoms with Gasteiger partial charge in [0.1, 0.15) is 0 Å². The van der Waals surface area contributed by atoms with Gasteiger partial charge < -0.3 is 15.0 Å². The number of thiophene rings is 1. The fourth-order valence-corrected chi connectivity index (χ4v) is 3.63. The number of nitrogens with one attached hydrogen (secondary N) is 1. The van der Waals surface area contributed by atoms with Crippen molar-refractivity contribution in [3.63, 3.8) is 0 Å². The van der Waals surface area contributed by atoms with E-state index in [0.717, 1.165) is 6.42 Å². The molecule has 1 saturated heterocycles. The number of esters is 1. The smallest absolute Gasteiger partial charge is 0.317 e. The lowest BCUT2D eigenvalue weighted by Gasteiger charge is -2.22. The van der Waals surface area contributed by atoms with Gasteiger partial charge in [0.05, 0.1) is 12.5 Å². The maximum absolute atomic E-state index is 12.2. The number of carbonyl (C=O) groups is 2. The van der Waals surface area contributed by atoms with Gasteiger partial charge >= 0.3 is 12.0 Å². The summed E-state index contributed by atoms with van der Waals surface area (Å²) in [7, 11) is 1.39. The number of methoxy groups -OCH3 is 1. The Morgan fingerprint density at radius 3 is 2.95 bits per heavy atom. The maximum Gasteiger partial charge on any atom is 0.317 e. The molecule has 1 aliphatic heterocycles. The lowest BCUT2D eigenvalue weighted by molar-refractivity contribution is -0.150. The third-order valence-corrected chi connectivity index (χ3v) is 5.07. The van der Waals surface area contributed by atoms with Crippen molar-refractivity contribution >= 4 is 23.3 Å². The van der Waals surface area contributed by atoms with E-state index in [1.165, 1.54) is 12.0 Å². The predicted molar refractivity (Wildman–Crippen MR) is 86.9 cm³/mol. The molecule has 2 atom stereocenters. The van der Waals surface area contributed by atoms with Gasteiger partial charge in [0.2, 0.25) is 0 Å². The molecule has 2 amide bonds. The maximum atomic E-state index is 12.2. The molecule has 1 aromatic rings. The average molecular weight is 324 g/mol. The molecule has 2 heterocycles. The van der Waals surface area contributed by atoms with Gasteiger partial charge in [-0.15, -0.1) is 11.3 Å². The highest BCUT2D eigenvalue weighted by molar-refractivity contribution is 7.09. The summed E-state index contributed by atoms with van der Waals surface area (Å²) in [6, 6.07) is 4.07. The largest absolute Gasteiger partial charge is 0.469 e. The minimum absolute atomic E-state index is 0.0920. The van der Waals surface area contributed by atoms with Crippen LogP contribution in [0, 0.1) is 11.3 Å². The molecule has 0 saturated carbocycles. The van der Waals surface area contributed by atoms with Crippen LogP contribution in [0.25, 0.3) is 0 Å². The summed E-state index contributed by atoms with van der Waals surface area (Å²) in [6.45, 7) is 5.64. The van der Waals surface area contributed by atoms with Crippen molar-refractivity contribution in [3.8, 4) is 0 Å². The first-order valence-corrected chi connectivity index (χ1v) is 8.46. The van der Waals surface area contributed by atoms with E-state index < -0.39 is 5.41 Å². The molecular weight excluding hydrogens is 300 g/mol. The minimum atomic E-state index is -0.575. The number of hydrogen-bond donors (Lipinski definition) is 1. The summed E-state index contributed by atoms with van der Waals surface area (Å²) < 4.78 is 4.83. The SMILES string of the molecule is COC(=O)[C@]1(C)CCN(C(=O)NC[C@H](C)Cc2cccs2)C1. The zero-order valence-electron chi connectivity index (χ0n) is 13.4. The van der Waals surface area contributed by atoms with Gasteiger partial charge in [-0.2, -0.15) is 0 Å². The van der Waals surface area contributed by atoms with Gasteiger partial charge in [-0.05, 0) is 37.1 Å². The molecule has 0 aromatic carbocycles. The highest BCUT2D eigenvalue weighted by atomic mass is 32.1. The van der Waals surface area contributed by atoms with Crippen LogP contribution < -0.4 is 5.32 Å². The van der Waals surface area contributed by atoms with Gasteiger partial charge in [0.15, 0.2) is 0 Å². The highest BCUT2D eigenvalue weighted by Gasteiger charge is 2.42. The normalized spacial score (nSPS) is 22.4. The molecule has 22 heavy (non-hydrogen) atoms. The van der Waals surface area contributed by atoms with Crippen molar-refractivity contribution < 1.29 is 14.3 Å². The van der Waals surface area contributed by atoms with Crippen molar-refractivity contribution in [2.24, 2.45) is 11.3 Å². The zero-order chi connectivity index (χ0) is 16.2. The van der Waals surface area contributed by atoms with Crippen molar-refractivity contribution in [2.45, 2.75) is 26.7 Å². The van der Waals surface area contributed by atoms with E-state index in [4.69, 9.17) is 4.74 Å². The fraction of sp³-hybridized carbons (Fsp3) is 0.625. The van der Waals surface area contributed by atoms with Crippen molar-refractivity contribution in [1.29, 1.82) is 0 Å². The average Bonchev–Trinajstić information content (AvgIpc) is 3.14. The van der Waals surface area contributed by atoms with Crippen molar-refractivity contribution in [1.82, 2.24) is 10.2 Å². The fourth-order valence-electron chi connectivity index (χ4n) is 2.77. The predicted octanol–water partition coefficient (Wildman–Crippen LogP) is 2.52. The second kappa shape index (κ2) is 7.13. The summed E-state index contributed by atoms with van der Waals surface area (Å²) in [5.41, 5.74) is -0.575. The first-order chi connectivity index (χ1) is 10.4. The molecule has 2 rings (SSSR count). The van der Waals surface area contributed by atoms with Gasteiger partial charge in [-0.3, -0.25) is 4.79 Å². The van der Waals surface area contributed by atoms with Crippen LogP contribution in [0.4, 0.5) is 4.79 Å². The Bertz CT molecular complexity index is 517. The van der Waals surface area contributed by atoms with Crippen LogP contribution in [-0.2, 0) is 16.0 Å². The topological polar surface area (TPSA) is 58.6 Å². The number of carbonyl (C=O) groups excluding carboxylic acids is 2. The van der Waals surface area contributed by atoms with Crippen LogP contribution in [0.15, 0.2) is 17.5 Å². The summed E-state index contributed by atoms with van der Waals surface area (Å²) >= 11 is 1.74. The van der Waals surface area contributed by atoms with Crippen LogP contribution in [0.5, 0.6) is 0 Å². The van der Waals surface area contributed by atoms with E-state index in [1.54, 1.807) is 16.2 Å². The minimum Gasteiger partial charge on any atom is -0.469 e. The Balaban J connectivity index is 1.77. The summed E-state index contributed by atoms with van der Waals surface area (Å²) in [5, 5.41) is 5.04. The molecule has 5 nitrogen and oxygen atoms in total. The Morgan fingerprint density at radius 1 is 1.55 bits per heavy atom. The first kappa shape index (κ1) is 16.8. The number of nitrogens with zero attached hydrogens (tertiary/aromatic N) is 1. The zero-order valence-corrected chi connectivity index (χ0v) is 14.2. The van der Waals surface area contributed by atoms with E-state index in [0.29, 0.717) is 32.0 Å². The molecular formula is C16H24N2O3S. The van der Waals surface area contributed by atoms with Crippen molar-refractivity contribution in [3.05, 3.63) is 22.4 Å². The summed E-state index contributed by atoms with van der Waals surface area (Å²) in [5.74, 6) is 0.144. The number of rotatable bonds is 5. The Labute approximate surface area is 135 Å². The molecule has 0 unspecified atom stereocenters. The second-order valence-corrected chi connectivity index (χ2v) is 7.33. The molecule has 1 aliphatic rings.